The zero-order valence-corrected chi connectivity index (χ0v) is 8.84. The van der Waals surface area contributed by atoms with Gasteiger partial charge < -0.3 is 4.74 Å². The molecule has 0 N–H and O–H groups in total. The Kier molecular flexibility index (Phi) is 7.17. The van der Waals surface area contributed by atoms with Gasteiger partial charge in [-0.05, 0) is 47.0 Å². The van der Waals surface area contributed by atoms with Crippen LogP contribution < -0.4 is 0 Å². The van der Waals surface area contributed by atoms with Crippen LogP contribution in [0.2, 0.25) is 0 Å². The normalized spacial score (nSPS) is 14.4. The summed E-state index contributed by atoms with van der Waals surface area (Å²) in [5, 5.41) is 0. The lowest BCUT2D eigenvalue weighted by molar-refractivity contribution is 0.0136. The van der Waals surface area contributed by atoms with E-state index in [2.05, 4.69) is 39.8 Å². The van der Waals surface area contributed by atoms with Crippen LogP contribution in [0.25, 0.3) is 0 Å². The Morgan fingerprint density at radius 3 is 2.42 bits per heavy atom. The Labute approximate surface area is 76.8 Å². The van der Waals surface area contributed by atoms with Gasteiger partial charge in [-0.3, -0.25) is 0 Å². The summed E-state index contributed by atoms with van der Waals surface area (Å²) >= 11 is 0. The minimum Gasteiger partial charge on any atom is -0.376 e. The summed E-state index contributed by atoms with van der Waals surface area (Å²) < 4.78 is 5.61. The second kappa shape index (κ2) is 7.35. The number of hydrogen-bond acceptors (Lipinski definition) is 1. The molecule has 0 aliphatic heterocycles. The van der Waals surface area contributed by atoms with Gasteiger partial charge in [-0.1, -0.05) is 12.2 Å². The van der Waals surface area contributed by atoms with Crippen molar-refractivity contribution in [1.82, 2.24) is 0 Å². The molecule has 0 aromatic rings. The number of allylic oxidation sites excluding steroid dienone is 2. The summed E-state index contributed by atoms with van der Waals surface area (Å²) in [6, 6.07) is 0. The molecule has 0 aromatic heterocycles. The summed E-state index contributed by atoms with van der Waals surface area (Å²) in [5.41, 5.74) is 0. The molecule has 0 aromatic carbocycles. The van der Waals surface area contributed by atoms with E-state index in [1.54, 1.807) is 0 Å². The molecular weight excluding hydrogens is 148 g/mol. The smallest absolute Gasteiger partial charge is 0.0550 e. The van der Waals surface area contributed by atoms with Gasteiger partial charge in [-0.25, -0.2) is 0 Å². The molecule has 0 saturated carbocycles. The minimum absolute atomic E-state index is 0.363. The maximum Gasteiger partial charge on any atom is 0.0550 e. The molecule has 0 saturated heterocycles. The molecular formula is C11H22O. The van der Waals surface area contributed by atoms with E-state index in [-0.39, 0.29) is 0 Å². The SMILES string of the molecule is CC=CCCCC(C)OC(C)C. The first-order valence-corrected chi connectivity index (χ1v) is 4.93. The highest BCUT2D eigenvalue weighted by Gasteiger charge is 2.02. The van der Waals surface area contributed by atoms with Crippen molar-refractivity contribution in [1.29, 1.82) is 0 Å². The van der Waals surface area contributed by atoms with Crippen molar-refractivity contribution in [2.24, 2.45) is 0 Å². The highest BCUT2D eigenvalue weighted by atomic mass is 16.5. The van der Waals surface area contributed by atoms with Gasteiger partial charge in [0.2, 0.25) is 0 Å². The average Bonchev–Trinajstić information content (AvgIpc) is 1.97. The maximum absolute atomic E-state index is 5.61. The summed E-state index contributed by atoms with van der Waals surface area (Å²) in [5.74, 6) is 0. The van der Waals surface area contributed by atoms with Crippen LogP contribution in [-0.2, 0) is 4.74 Å². The van der Waals surface area contributed by atoms with Gasteiger partial charge in [0.25, 0.3) is 0 Å². The van der Waals surface area contributed by atoms with Crippen molar-refractivity contribution in [2.45, 2.75) is 59.2 Å². The number of rotatable bonds is 6. The number of ether oxygens (including phenoxy) is 1. The van der Waals surface area contributed by atoms with E-state index in [1.807, 2.05) is 0 Å². The maximum atomic E-state index is 5.61. The first-order valence-electron chi connectivity index (χ1n) is 4.93. The lowest BCUT2D eigenvalue weighted by Crippen LogP contribution is -2.13. The van der Waals surface area contributed by atoms with Crippen LogP contribution in [0.15, 0.2) is 12.2 Å². The van der Waals surface area contributed by atoms with Gasteiger partial charge >= 0.3 is 0 Å². The highest BCUT2D eigenvalue weighted by molar-refractivity contribution is 4.76. The van der Waals surface area contributed by atoms with E-state index in [0.29, 0.717) is 12.2 Å². The second-order valence-corrected chi connectivity index (χ2v) is 3.50. The molecule has 0 aliphatic carbocycles. The van der Waals surface area contributed by atoms with Crippen LogP contribution in [0.5, 0.6) is 0 Å². The van der Waals surface area contributed by atoms with E-state index >= 15 is 0 Å². The fourth-order valence-electron chi connectivity index (χ4n) is 1.22. The Morgan fingerprint density at radius 1 is 1.25 bits per heavy atom. The van der Waals surface area contributed by atoms with Crippen LogP contribution >= 0.6 is 0 Å². The molecule has 0 amide bonds. The van der Waals surface area contributed by atoms with Gasteiger partial charge in [0.05, 0.1) is 12.2 Å². The predicted molar refractivity (Wildman–Crippen MR) is 54.3 cm³/mol. The summed E-state index contributed by atoms with van der Waals surface area (Å²) in [6.07, 6.45) is 8.68. The van der Waals surface area contributed by atoms with Crippen LogP contribution in [0.4, 0.5) is 0 Å². The molecule has 0 bridgehead atoms. The first kappa shape index (κ1) is 11.7. The van der Waals surface area contributed by atoms with E-state index in [9.17, 15) is 0 Å². The molecule has 72 valence electrons. The molecule has 0 radical (unpaired) electrons. The van der Waals surface area contributed by atoms with Crippen molar-refractivity contribution in [2.75, 3.05) is 0 Å². The predicted octanol–water partition coefficient (Wildman–Crippen LogP) is 3.55. The van der Waals surface area contributed by atoms with Crippen LogP contribution in [0.3, 0.4) is 0 Å². The van der Waals surface area contributed by atoms with E-state index in [1.165, 1.54) is 19.3 Å². The second-order valence-electron chi connectivity index (χ2n) is 3.50. The summed E-state index contributed by atoms with van der Waals surface area (Å²) in [4.78, 5) is 0. The molecule has 1 nitrogen and oxygen atoms in total. The molecule has 1 unspecified atom stereocenters. The first-order chi connectivity index (χ1) is 5.66. The average molecular weight is 170 g/mol. The van der Waals surface area contributed by atoms with Crippen molar-refractivity contribution >= 4 is 0 Å². The largest absolute Gasteiger partial charge is 0.376 e. The Bertz CT molecular complexity index is 116. The Morgan fingerprint density at radius 2 is 1.92 bits per heavy atom. The molecule has 12 heavy (non-hydrogen) atoms. The van der Waals surface area contributed by atoms with E-state index < -0.39 is 0 Å². The summed E-state index contributed by atoms with van der Waals surface area (Å²) in [7, 11) is 0. The van der Waals surface area contributed by atoms with Crippen molar-refractivity contribution in [3.8, 4) is 0 Å². The molecule has 0 rings (SSSR count). The highest BCUT2D eigenvalue weighted by Crippen LogP contribution is 2.07. The quantitative estimate of drug-likeness (QED) is 0.437. The Hall–Kier alpha value is -0.300. The third-order valence-electron chi connectivity index (χ3n) is 1.72. The van der Waals surface area contributed by atoms with Crippen molar-refractivity contribution < 1.29 is 4.74 Å². The zero-order valence-electron chi connectivity index (χ0n) is 8.84. The summed E-state index contributed by atoms with van der Waals surface area (Å²) in [6.45, 7) is 8.38. The molecule has 1 atom stereocenters. The Balaban J connectivity index is 3.25. The monoisotopic (exact) mass is 170 g/mol. The third kappa shape index (κ3) is 7.80. The molecule has 0 fully saturated rings. The minimum atomic E-state index is 0.363. The van der Waals surface area contributed by atoms with Gasteiger partial charge in [-0.15, -0.1) is 0 Å². The lowest BCUT2D eigenvalue weighted by atomic mass is 10.1. The molecule has 1 heteroatoms. The number of unbranched alkanes of at least 4 members (excludes halogenated alkanes) is 1. The number of hydrogen-bond donors (Lipinski definition) is 0. The van der Waals surface area contributed by atoms with Crippen LogP contribution in [0.1, 0.15) is 47.0 Å². The standard InChI is InChI=1S/C11H22O/c1-5-6-7-8-9-11(4)12-10(2)3/h5-6,10-11H,7-9H2,1-4H3. The van der Waals surface area contributed by atoms with Gasteiger partial charge in [-0.2, -0.15) is 0 Å². The van der Waals surface area contributed by atoms with Gasteiger partial charge in [0.15, 0.2) is 0 Å². The van der Waals surface area contributed by atoms with Crippen LogP contribution in [-0.4, -0.2) is 12.2 Å². The van der Waals surface area contributed by atoms with E-state index in [4.69, 9.17) is 4.74 Å². The zero-order chi connectivity index (χ0) is 9.40. The molecule has 0 heterocycles. The molecule has 0 aliphatic rings. The molecule has 0 spiro atoms. The third-order valence-corrected chi connectivity index (χ3v) is 1.72. The fraction of sp³-hybridized carbons (Fsp3) is 0.818. The van der Waals surface area contributed by atoms with E-state index in [0.717, 1.165) is 0 Å². The van der Waals surface area contributed by atoms with Crippen molar-refractivity contribution in [3.63, 3.8) is 0 Å². The van der Waals surface area contributed by atoms with Crippen molar-refractivity contribution in [3.05, 3.63) is 12.2 Å². The van der Waals surface area contributed by atoms with Crippen LogP contribution in [0, 0.1) is 0 Å². The fourth-order valence-corrected chi connectivity index (χ4v) is 1.22. The topological polar surface area (TPSA) is 9.23 Å². The van der Waals surface area contributed by atoms with Gasteiger partial charge in [0, 0.05) is 0 Å². The van der Waals surface area contributed by atoms with Gasteiger partial charge in [0.1, 0.15) is 0 Å². The lowest BCUT2D eigenvalue weighted by Gasteiger charge is -2.15.